The maximum absolute atomic E-state index is 13.1. The Morgan fingerprint density at radius 2 is 0.412 bits per heavy atom. The van der Waals surface area contributed by atoms with Gasteiger partial charge in [-0.25, -0.2) is 9.13 Å². The number of aliphatic hydroxyl groups excluding tert-OH is 1. The minimum absolute atomic E-state index is 0.108. The lowest BCUT2D eigenvalue weighted by Gasteiger charge is -2.21. The molecule has 3 N–H and O–H groups in total. The molecular formula is C78H152O17P2. The van der Waals surface area contributed by atoms with E-state index in [0.29, 0.717) is 25.7 Å². The summed E-state index contributed by atoms with van der Waals surface area (Å²) in [4.78, 5) is 72.9. The first kappa shape index (κ1) is 95.1. The second kappa shape index (κ2) is 72.4. The molecule has 17 nitrogen and oxygen atoms in total. The second-order valence-corrected chi connectivity index (χ2v) is 31.0. The number of phosphoric ester groups is 2. The number of aliphatic hydroxyl groups is 1. The molecule has 0 aliphatic rings. The zero-order valence-electron chi connectivity index (χ0n) is 63.1. The van der Waals surface area contributed by atoms with E-state index in [4.69, 9.17) is 37.0 Å². The summed E-state index contributed by atoms with van der Waals surface area (Å²) in [6.45, 7) is 5.01. The smallest absolute Gasteiger partial charge is 0.462 e. The third kappa shape index (κ3) is 72.2. The minimum Gasteiger partial charge on any atom is -0.462 e. The van der Waals surface area contributed by atoms with Crippen molar-refractivity contribution >= 4 is 39.5 Å². The molecular weight excluding hydrogens is 1270 g/mol. The van der Waals surface area contributed by atoms with Crippen molar-refractivity contribution in [2.45, 2.75) is 438 Å². The summed E-state index contributed by atoms with van der Waals surface area (Å²) >= 11 is 0. The molecule has 0 aromatic heterocycles. The van der Waals surface area contributed by atoms with Gasteiger partial charge in [0.2, 0.25) is 0 Å². The van der Waals surface area contributed by atoms with Crippen LogP contribution in [0.4, 0.5) is 0 Å². The van der Waals surface area contributed by atoms with Crippen LogP contribution >= 0.6 is 15.6 Å². The summed E-state index contributed by atoms with van der Waals surface area (Å²) < 4.78 is 68.6. The van der Waals surface area contributed by atoms with E-state index in [1.54, 1.807) is 0 Å². The summed E-state index contributed by atoms with van der Waals surface area (Å²) in [6, 6.07) is 0. The predicted molar refractivity (Wildman–Crippen MR) is 395 cm³/mol. The number of hydrogen-bond donors (Lipinski definition) is 3. The summed E-state index contributed by atoms with van der Waals surface area (Å²) in [6.07, 6.45) is 63.6. The standard InChI is InChI=1S/C78H152O17P2/c1-5-9-13-17-21-25-29-33-35-37-39-41-45-49-53-57-61-65-78(83)95-74(69-89-76(81)63-59-55-51-47-44-40-38-36-34-30-26-22-18-14-10-6-2)71-93-97(86,87)91-67-72(79)66-90-96(84,85)92-70-73(94-77(82)64-60-56-52-48-43-32-28-24-20-16-12-8-4)68-88-75(80)62-58-54-50-46-42-31-27-23-19-15-11-7-3/h72-74,79H,5-71H2,1-4H3,(H,84,85)(H,86,87)/t72-,73+,74+/m0/s1. The topological polar surface area (TPSA) is 237 Å². The van der Waals surface area contributed by atoms with Crippen molar-refractivity contribution in [3.8, 4) is 0 Å². The lowest BCUT2D eigenvalue weighted by atomic mass is 10.0. The van der Waals surface area contributed by atoms with Crippen LogP contribution in [-0.2, 0) is 65.4 Å². The van der Waals surface area contributed by atoms with Crippen molar-refractivity contribution in [2.24, 2.45) is 0 Å². The number of carbonyl (C=O) groups is 4. The fourth-order valence-electron chi connectivity index (χ4n) is 12.1. The Hall–Kier alpha value is -1.94. The maximum Gasteiger partial charge on any atom is 0.472 e. The van der Waals surface area contributed by atoms with Gasteiger partial charge in [0, 0.05) is 25.7 Å². The van der Waals surface area contributed by atoms with Gasteiger partial charge < -0.3 is 33.8 Å². The molecule has 5 atom stereocenters. The van der Waals surface area contributed by atoms with E-state index in [1.165, 1.54) is 250 Å². The quantitative estimate of drug-likeness (QED) is 0.0222. The van der Waals surface area contributed by atoms with Gasteiger partial charge in [-0.15, -0.1) is 0 Å². The Morgan fingerprint density at radius 1 is 0.247 bits per heavy atom. The molecule has 0 saturated heterocycles. The molecule has 0 aromatic rings. The highest BCUT2D eigenvalue weighted by Crippen LogP contribution is 2.45. The van der Waals surface area contributed by atoms with Crippen molar-refractivity contribution in [3.63, 3.8) is 0 Å². The summed E-state index contributed by atoms with van der Waals surface area (Å²) in [5.74, 6) is -2.11. The number of rotatable bonds is 79. The van der Waals surface area contributed by atoms with E-state index in [-0.39, 0.29) is 25.7 Å². The molecule has 0 heterocycles. The van der Waals surface area contributed by atoms with Gasteiger partial charge in [0.15, 0.2) is 12.2 Å². The van der Waals surface area contributed by atoms with Crippen molar-refractivity contribution < 1.29 is 80.2 Å². The van der Waals surface area contributed by atoms with Crippen molar-refractivity contribution in [1.29, 1.82) is 0 Å². The van der Waals surface area contributed by atoms with Crippen LogP contribution in [-0.4, -0.2) is 96.7 Å². The Morgan fingerprint density at radius 3 is 0.608 bits per heavy atom. The molecule has 0 spiro atoms. The predicted octanol–water partition coefficient (Wildman–Crippen LogP) is 23.4. The Bertz CT molecular complexity index is 1840. The number of phosphoric acid groups is 2. The Labute approximate surface area is 594 Å². The van der Waals surface area contributed by atoms with Crippen molar-refractivity contribution in [3.05, 3.63) is 0 Å². The summed E-state index contributed by atoms with van der Waals surface area (Å²) in [7, 11) is -9.91. The third-order valence-electron chi connectivity index (χ3n) is 18.4. The molecule has 0 aromatic carbocycles. The van der Waals surface area contributed by atoms with Gasteiger partial charge in [-0.05, 0) is 25.7 Å². The van der Waals surface area contributed by atoms with Crippen LogP contribution in [0.2, 0.25) is 0 Å². The first-order valence-electron chi connectivity index (χ1n) is 40.8. The van der Waals surface area contributed by atoms with Crippen LogP contribution in [0.1, 0.15) is 419 Å². The SMILES string of the molecule is CCCCCCCCCCCCCCCCCCCC(=O)O[C@H](COC(=O)CCCCCCCCCCCCCCCCCC)COP(=O)(O)OC[C@@H](O)COP(=O)(O)OC[C@@H](COC(=O)CCCCCCCCCCCCCC)OC(=O)CCCCCCCCCCCCCC. The average Bonchev–Trinajstić information content (AvgIpc) is 1.95. The lowest BCUT2D eigenvalue weighted by Crippen LogP contribution is -2.30. The van der Waals surface area contributed by atoms with Crippen LogP contribution in [0, 0.1) is 0 Å². The van der Waals surface area contributed by atoms with Gasteiger partial charge >= 0.3 is 39.5 Å². The van der Waals surface area contributed by atoms with E-state index in [2.05, 4.69) is 27.7 Å². The Balaban J connectivity index is 5.24. The van der Waals surface area contributed by atoms with Gasteiger partial charge in [0.25, 0.3) is 0 Å². The van der Waals surface area contributed by atoms with Gasteiger partial charge in [0.1, 0.15) is 19.3 Å². The van der Waals surface area contributed by atoms with E-state index >= 15 is 0 Å². The number of unbranched alkanes of at least 4 members (excludes halogenated alkanes) is 53. The van der Waals surface area contributed by atoms with E-state index in [0.717, 1.165) is 89.9 Å². The number of hydrogen-bond acceptors (Lipinski definition) is 15. The van der Waals surface area contributed by atoms with Crippen LogP contribution in [0.25, 0.3) is 0 Å². The number of ether oxygens (including phenoxy) is 4. The van der Waals surface area contributed by atoms with Gasteiger partial charge in [-0.1, -0.05) is 368 Å². The first-order valence-corrected chi connectivity index (χ1v) is 43.8. The zero-order chi connectivity index (χ0) is 71.1. The van der Waals surface area contributed by atoms with Crippen molar-refractivity contribution in [1.82, 2.24) is 0 Å². The molecule has 0 rings (SSSR count). The highest BCUT2D eigenvalue weighted by molar-refractivity contribution is 7.47. The van der Waals surface area contributed by atoms with Crippen LogP contribution in [0.15, 0.2) is 0 Å². The zero-order valence-corrected chi connectivity index (χ0v) is 64.8. The average molecular weight is 1420 g/mol. The molecule has 97 heavy (non-hydrogen) atoms. The van der Waals surface area contributed by atoms with Crippen LogP contribution in [0.3, 0.4) is 0 Å². The molecule has 0 bridgehead atoms. The lowest BCUT2D eigenvalue weighted by molar-refractivity contribution is -0.161. The first-order chi connectivity index (χ1) is 47.2. The van der Waals surface area contributed by atoms with Crippen LogP contribution in [0.5, 0.6) is 0 Å². The molecule has 576 valence electrons. The highest BCUT2D eigenvalue weighted by Gasteiger charge is 2.30. The molecule has 0 saturated carbocycles. The summed E-state index contributed by atoms with van der Waals surface area (Å²) in [5.41, 5.74) is 0. The molecule has 0 radical (unpaired) electrons. The third-order valence-corrected chi connectivity index (χ3v) is 20.3. The second-order valence-electron chi connectivity index (χ2n) is 28.1. The molecule has 0 aliphatic carbocycles. The largest absolute Gasteiger partial charge is 0.472 e. The monoisotopic (exact) mass is 1420 g/mol. The molecule has 0 aliphatic heterocycles. The fourth-order valence-corrected chi connectivity index (χ4v) is 13.7. The number of esters is 4. The molecule has 2 unspecified atom stereocenters. The maximum atomic E-state index is 13.1. The van der Waals surface area contributed by atoms with E-state index in [9.17, 15) is 43.2 Å². The minimum atomic E-state index is -4.96. The van der Waals surface area contributed by atoms with Crippen LogP contribution < -0.4 is 0 Å². The normalized spacial score (nSPS) is 13.8. The summed E-state index contributed by atoms with van der Waals surface area (Å²) in [5, 5.41) is 10.6. The van der Waals surface area contributed by atoms with Crippen molar-refractivity contribution in [2.75, 3.05) is 39.6 Å². The fraction of sp³-hybridized carbons (Fsp3) is 0.949. The van der Waals surface area contributed by atoms with E-state index < -0.39 is 97.5 Å². The highest BCUT2D eigenvalue weighted by atomic mass is 31.2. The van der Waals surface area contributed by atoms with Gasteiger partial charge in [-0.2, -0.15) is 0 Å². The Kier molecular flexibility index (Phi) is 71.0. The number of carbonyl (C=O) groups excluding carboxylic acids is 4. The van der Waals surface area contributed by atoms with Gasteiger partial charge in [0.05, 0.1) is 26.4 Å². The van der Waals surface area contributed by atoms with E-state index in [1.807, 2.05) is 0 Å². The molecule has 0 fully saturated rings. The molecule has 19 heteroatoms. The molecule has 0 amide bonds. The van der Waals surface area contributed by atoms with Gasteiger partial charge in [-0.3, -0.25) is 37.3 Å².